The van der Waals surface area contributed by atoms with Gasteiger partial charge in [-0.25, -0.2) is 9.98 Å². The van der Waals surface area contributed by atoms with Gasteiger partial charge in [0.25, 0.3) is 0 Å². The zero-order valence-electron chi connectivity index (χ0n) is 14.0. The number of guanidine groups is 1. The fraction of sp³-hybridized carbons (Fsp3) is 0.750. The Hall–Kier alpha value is -1.14. The molecule has 0 amide bonds. The molecule has 0 saturated carbocycles. The minimum Gasteiger partial charge on any atom is -0.381 e. The lowest BCUT2D eigenvalue weighted by molar-refractivity contribution is 0.0625. The van der Waals surface area contributed by atoms with E-state index in [0.717, 1.165) is 43.2 Å². The molecule has 1 saturated heterocycles. The van der Waals surface area contributed by atoms with Gasteiger partial charge in [0.05, 0.1) is 11.6 Å². The third-order valence-electron chi connectivity index (χ3n) is 3.96. The summed E-state index contributed by atoms with van der Waals surface area (Å²) in [5, 5.41) is 4.48. The zero-order chi connectivity index (χ0) is 15.8. The number of rotatable bonds is 6. The van der Waals surface area contributed by atoms with E-state index < -0.39 is 0 Å². The third-order valence-corrected chi connectivity index (χ3v) is 4.86. The number of hydrogen-bond donors (Lipinski definition) is 1. The molecule has 1 aliphatic heterocycles. The molecular formula is C16H28N4OS. The Morgan fingerprint density at radius 3 is 2.91 bits per heavy atom. The topological polar surface area (TPSA) is 49.8 Å². The van der Waals surface area contributed by atoms with E-state index in [0.29, 0.717) is 6.54 Å². The quantitative estimate of drug-likeness (QED) is 0.646. The number of ether oxygens (including phenoxy) is 1. The number of aromatic nitrogens is 1. The number of nitrogens with one attached hydrogen (secondary N) is 1. The second-order valence-electron chi connectivity index (χ2n) is 5.78. The molecule has 0 unspecified atom stereocenters. The van der Waals surface area contributed by atoms with Crippen LogP contribution in [0.1, 0.15) is 36.1 Å². The summed E-state index contributed by atoms with van der Waals surface area (Å²) in [5.74, 6) is 1.78. The molecule has 1 aromatic rings. The Morgan fingerprint density at radius 1 is 1.50 bits per heavy atom. The van der Waals surface area contributed by atoms with Crippen molar-refractivity contribution in [3.05, 3.63) is 16.1 Å². The molecule has 0 aliphatic carbocycles. The number of aryl methyl sites for hydroxylation is 1. The molecule has 0 bridgehead atoms. The van der Waals surface area contributed by atoms with Gasteiger partial charge < -0.3 is 15.0 Å². The summed E-state index contributed by atoms with van der Waals surface area (Å²) < 4.78 is 5.43. The van der Waals surface area contributed by atoms with Crippen molar-refractivity contribution >= 4 is 17.3 Å². The fourth-order valence-electron chi connectivity index (χ4n) is 2.62. The van der Waals surface area contributed by atoms with E-state index in [9.17, 15) is 0 Å². The van der Waals surface area contributed by atoms with E-state index in [1.807, 2.05) is 13.1 Å². The van der Waals surface area contributed by atoms with Gasteiger partial charge in [-0.3, -0.25) is 0 Å². The molecule has 2 rings (SSSR count). The molecule has 0 spiro atoms. The minimum atomic E-state index is 0.704. The van der Waals surface area contributed by atoms with Gasteiger partial charge in [-0.1, -0.05) is 0 Å². The highest BCUT2D eigenvalue weighted by molar-refractivity contribution is 7.11. The maximum Gasteiger partial charge on any atom is 0.194 e. The first-order valence-corrected chi connectivity index (χ1v) is 8.99. The predicted molar refractivity (Wildman–Crippen MR) is 92.5 cm³/mol. The molecular weight excluding hydrogens is 296 g/mol. The second kappa shape index (κ2) is 9.10. The Labute approximate surface area is 137 Å². The van der Waals surface area contributed by atoms with Crippen molar-refractivity contribution in [2.75, 3.05) is 33.4 Å². The highest BCUT2D eigenvalue weighted by atomic mass is 32.1. The number of nitrogens with zero attached hydrogens (tertiary/aromatic N) is 3. The van der Waals surface area contributed by atoms with Gasteiger partial charge in [-0.2, -0.15) is 0 Å². The molecule has 124 valence electrons. The first-order valence-electron chi connectivity index (χ1n) is 8.17. The van der Waals surface area contributed by atoms with Crippen LogP contribution >= 0.6 is 11.3 Å². The predicted octanol–water partition coefficient (Wildman–Crippen LogP) is 2.67. The van der Waals surface area contributed by atoms with Gasteiger partial charge >= 0.3 is 0 Å². The van der Waals surface area contributed by atoms with Crippen molar-refractivity contribution in [3.63, 3.8) is 0 Å². The average molecular weight is 324 g/mol. The minimum absolute atomic E-state index is 0.704. The van der Waals surface area contributed by atoms with Crippen molar-refractivity contribution in [2.24, 2.45) is 10.9 Å². The van der Waals surface area contributed by atoms with Gasteiger partial charge in [0, 0.05) is 44.4 Å². The molecule has 22 heavy (non-hydrogen) atoms. The molecule has 1 aromatic heterocycles. The maximum absolute atomic E-state index is 5.43. The average Bonchev–Trinajstić information content (AvgIpc) is 2.95. The monoisotopic (exact) mass is 324 g/mol. The van der Waals surface area contributed by atoms with E-state index in [-0.39, 0.29) is 0 Å². The molecule has 6 heteroatoms. The summed E-state index contributed by atoms with van der Waals surface area (Å²) in [7, 11) is 2.12. The molecule has 0 radical (unpaired) electrons. The molecule has 1 fully saturated rings. The van der Waals surface area contributed by atoms with Crippen LogP contribution in [0.5, 0.6) is 0 Å². The van der Waals surface area contributed by atoms with Crippen LogP contribution in [-0.2, 0) is 11.3 Å². The summed E-state index contributed by atoms with van der Waals surface area (Å²) in [4.78, 5) is 12.5. The van der Waals surface area contributed by atoms with Gasteiger partial charge in [-0.05, 0) is 39.0 Å². The van der Waals surface area contributed by atoms with Crippen molar-refractivity contribution < 1.29 is 4.74 Å². The Bertz CT molecular complexity index is 468. The van der Waals surface area contributed by atoms with Crippen LogP contribution in [0.25, 0.3) is 0 Å². The molecule has 0 atom stereocenters. The zero-order valence-corrected chi connectivity index (χ0v) is 14.8. The second-order valence-corrected chi connectivity index (χ2v) is 7.10. The van der Waals surface area contributed by atoms with Crippen LogP contribution in [-0.4, -0.2) is 49.2 Å². The standard InChI is InChI=1S/C16H28N4OS/c1-4-17-16(19-12-15-11-18-13(2)22-15)20(3)8-5-14-6-9-21-10-7-14/h11,14H,4-10,12H2,1-3H3,(H,17,19). The Morgan fingerprint density at radius 2 is 2.27 bits per heavy atom. The SMILES string of the molecule is CCNC(=NCc1cnc(C)s1)N(C)CCC1CCOCC1. The van der Waals surface area contributed by atoms with E-state index in [4.69, 9.17) is 9.73 Å². The molecule has 1 N–H and O–H groups in total. The largest absolute Gasteiger partial charge is 0.381 e. The van der Waals surface area contributed by atoms with Gasteiger partial charge in [0.2, 0.25) is 0 Å². The van der Waals surface area contributed by atoms with Crippen molar-refractivity contribution in [1.29, 1.82) is 0 Å². The van der Waals surface area contributed by atoms with Crippen molar-refractivity contribution in [1.82, 2.24) is 15.2 Å². The summed E-state index contributed by atoms with van der Waals surface area (Å²) in [6.45, 7) is 8.62. The molecule has 1 aliphatic rings. The van der Waals surface area contributed by atoms with Crippen LogP contribution in [0.4, 0.5) is 0 Å². The van der Waals surface area contributed by atoms with Crippen molar-refractivity contribution in [3.8, 4) is 0 Å². The van der Waals surface area contributed by atoms with Crippen LogP contribution in [0, 0.1) is 12.8 Å². The summed E-state index contributed by atoms with van der Waals surface area (Å²) in [6.07, 6.45) is 5.53. The molecule has 0 aromatic carbocycles. The summed E-state index contributed by atoms with van der Waals surface area (Å²) in [6, 6.07) is 0. The first-order chi connectivity index (χ1) is 10.7. The van der Waals surface area contributed by atoms with E-state index in [1.165, 1.54) is 24.1 Å². The molecule has 5 nitrogen and oxygen atoms in total. The van der Waals surface area contributed by atoms with Crippen LogP contribution in [0.3, 0.4) is 0 Å². The fourth-order valence-corrected chi connectivity index (χ4v) is 3.34. The summed E-state index contributed by atoms with van der Waals surface area (Å²) >= 11 is 1.72. The normalized spacial score (nSPS) is 16.8. The lowest BCUT2D eigenvalue weighted by Crippen LogP contribution is -2.40. The Balaban J connectivity index is 1.84. The van der Waals surface area contributed by atoms with Gasteiger partial charge in [-0.15, -0.1) is 11.3 Å². The third kappa shape index (κ3) is 5.57. The van der Waals surface area contributed by atoms with E-state index in [1.54, 1.807) is 11.3 Å². The number of hydrogen-bond acceptors (Lipinski definition) is 4. The first kappa shape index (κ1) is 17.2. The lowest BCUT2D eigenvalue weighted by atomic mass is 9.96. The molecule has 2 heterocycles. The van der Waals surface area contributed by atoms with E-state index >= 15 is 0 Å². The van der Waals surface area contributed by atoms with E-state index in [2.05, 4.69) is 29.2 Å². The van der Waals surface area contributed by atoms with Gasteiger partial charge in [0.15, 0.2) is 5.96 Å². The number of aliphatic imine (C=N–C) groups is 1. The summed E-state index contributed by atoms with van der Waals surface area (Å²) in [5.41, 5.74) is 0. The highest BCUT2D eigenvalue weighted by Gasteiger charge is 2.15. The van der Waals surface area contributed by atoms with Crippen molar-refractivity contribution in [2.45, 2.75) is 39.7 Å². The van der Waals surface area contributed by atoms with Crippen LogP contribution < -0.4 is 5.32 Å². The maximum atomic E-state index is 5.43. The highest BCUT2D eigenvalue weighted by Crippen LogP contribution is 2.18. The number of thiazole rings is 1. The van der Waals surface area contributed by atoms with Gasteiger partial charge in [0.1, 0.15) is 0 Å². The van der Waals surface area contributed by atoms with Crippen LogP contribution in [0.2, 0.25) is 0 Å². The lowest BCUT2D eigenvalue weighted by Gasteiger charge is -2.26. The smallest absolute Gasteiger partial charge is 0.194 e. The van der Waals surface area contributed by atoms with Crippen LogP contribution in [0.15, 0.2) is 11.2 Å². The Kier molecular flexibility index (Phi) is 7.12.